The first kappa shape index (κ1) is 27.6. The lowest BCUT2D eigenvalue weighted by molar-refractivity contribution is 0.144. The van der Waals surface area contributed by atoms with Gasteiger partial charge in [0.1, 0.15) is 6.17 Å². The van der Waals surface area contributed by atoms with E-state index in [0.29, 0.717) is 6.17 Å². The van der Waals surface area contributed by atoms with Gasteiger partial charge in [0.25, 0.3) is 0 Å². The highest BCUT2D eigenvalue weighted by Crippen LogP contribution is 2.21. The standard InChI is InChI=1S/C25H50N2.ClH/c1-4-7-9-11-13-14-15-16-18-20-22-27-24-23-26(25(27)6-3)21-19-17-12-10-8-5-2;/h23-25H,4-22H2,1-3H3;1H. The molecular weight excluding hydrogens is 364 g/mol. The van der Waals surface area contributed by atoms with Gasteiger partial charge in [-0.2, -0.15) is 0 Å². The largest absolute Gasteiger partial charge is 0.356 e. The Balaban J connectivity index is 0.00000729. The van der Waals surface area contributed by atoms with Crippen molar-refractivity contribution >= 4 is 12.4 Å². The molecule has 0 aromatic rings. The molecule has 3 heteroatoms. The van der Waals surface area contributed by atoms with Gasteiger partial charge in [-0.25, -0.2) is 0 Å². The van der Waals surface area contributed by atoms with Crippen LogP contribution >= 0.6 is 12.4 Å². The van der Waals surface area contributed by atoms with Crippen LogP contribution in [0.4, 0.5) is 0 Å². The van der Waals surface area contributed by atoms with Crippen molar-refractivity contribution in [1.82, 2.24) is 9.80 Å². The highest BCUT2D eigenvalue weighted by molar-refractivity contribution is 5.85. The van der Waals surface area contributed by atoms with Crippen LogP contribution in [-0.2, 0) is 0 Å². The van der Waals surface area contributed by atoms with Gasteiger partial charge in [-0.1, -0.05) is 111 Å². The maximum atomic E-state index is 2.60. The SMILES string of the molecule is CCCCCCCCCCCCN1C=CN(CCCCCCCC)C1CC.Cl. The van der Waals surface area contributed by atoms with Crippen LogP contribution in [0.3, 0.4) is 0 Å². The van der Waals surface area contributed by atoms with Crippen LogP contribution in [0, 0.1) is 0 Å². The van der Waals surface area contributed by atoms with Crippen molar-refractivity contribution in [3.8, 4) is 0 Å². The molecule has 0 bridgehead atoms. The Morgan fingerprint density at radius 2 is 0.821 bits per heavy atom. The summed E-state index contributed by atoms with van der Waals surface area (Å²) in [4.78, 5) is 5.19. The predicted octanol–water partition coefficient (Wildman–Crippen LogP) is 8.51. The van der Waals surface area contributed by atoms with Crippen LogP contribution < -0.4 is 0 Å². The summed E-state index contributed by atoms with van der Waals surface area (Å²) in [6.45, 7) is 9.43. The summed E-state index contributed by atoms with van der Waals surface area (Å²) in [5.74, 6) is 0. The highest BCUT2D eigenvalue weighted by Gasteiger charge is 2.23. The Hall–Kier alpha value is -0.370. The van der Waals surface area contributed by atoms with Crippen LogP contribution in [0.15, 0.2) is 12.4 Å². The minimum absolute atomic E-state index is 0. The van der Waals surface area contributed by atoms with E-state index < -0.39 is 0 Å². The lowest BCUT2D eigenvalue weighted by atomic mass is 10.1. The van der Waals surface area contributed by atoms with Crippen molar-refractivity contribution in [3.63, 3.8) is 0 Å². The minimum atomic E-state index is 0. The third-order valence-corrected chi connectivity index (χ3v) is 6.12. The van der Waals surface area contributed by atoms with Gasteiger partial charge >= 0.3 is 0 Å². The fraction of sp³-hybridized carbons (Fsp3) is 0.920. The molecule has 2 nitrogen and oxygen atoms in total. The Morgan fingerprint density at radius 3 is 1.14 bits per heavy atom. The van der Waals surface area contributed by atoms with Gasteiger partial charge in [0.15, 0.2) is 0 Å². The summed E-state index contributed by atoms with van der Waals surface area (Å²) in [6, 6.07) is 0. The first-order valence-electron chi connectivity index (χ1n) is 12.5. The van der Waals surface area contributed by atoms with E-state index in [4.69, 9.17) is 0 Å². The Morgan fingerprint density at radius 1 is 0.500 bits per heavy atom. The highest BCUT2D eigenvalue weighted by atomic mass is 35.5. The number of rotatable bonds is 19. The quantitative estimate of drug-likeness (QED) is 0.195. The fourth-order valence-electron chi connectivity index (χ4n) is 4.33. The van der Waals surface area contributed by atoms with E-state index in [1.165, 1.54) is 122 Å². The Bertz CT molecular complexity index is 345. The second-order valence-electron chi connectivity index (χ2n) is 8.61. The van der Waals surface area contributed by atoms with Gasteiger partial charge < -0.3 is 9.80 Å². The molecule has 1 atom stereocenters. The Labute approximate surface area is 183 Å². The zero-order chi connectivity index (χ0) is 19.6. The van der Waals surface area contributed by atoms with E-state index in [1.807, 2.05) is 0 Å². The van der Waals surface area contributed by atoms with Crippen LogP contribution in [0.5, 0.6) is 0 Å². The van der Waals surface area contributed by atoms with Crippen molar-refractivity contribution in [2.75, 3.05) is 13.1 Å². The van der Waals surface area contributed by atoms with Crippen LogP contribution in [0.2, 0.25) is 0 Å². The number of hydrogen-bond donors (Lipinski definition) is 0. The predicted molar refractivity (Wildman–Crippen MR) is 129 cm³/mol. The second-order valence-corrected chi connectivity index (χ2v) is 8.61. The molecule has 1 aliphatic rings. The molecule has 0 saturated carbocycles. The summed E-state index contributed by atoms with van der Waals surface area (Å²) >= 11 is 0. The van der Waals surface area contributed by atoms with E-state index in [1.54, 1.807) is 0 Å². The minimum Gasteiger partial charge on any atom is -0.356 e. The smallest absolute Gasteiger partial charge is 0.100 e. The zero-order valence-electron chi connectivity index (χ0n) is 19.5. The van der Waals surface area contributed by atoms with Crippen molar-refractivity contribution in [3.05, 3.63) is 12.4 Å². The molecule has 0 fully saturated rings. The molecule has 0 aliphatic carbocycles. The van der Waals surface area contributed by atoms with Crippen molar-refractivity contribution in [2.24, 2.45) is 0 Å². The molecule has 0 N–H and O–H groups in total. The Kier molecular flexibility index (Phi) is 19.7. The lowest BCUT2D eigenvalue weighted by Gasteiger charge is -2.32. The van der Waals surface area contributed by atoms with Gasteiger partial charge in [-0.05, 0) is 19.3 Å². The monoisotopic (exact) mass is 414 g/mol. The molecule has 1 aliphatic heterocycles. The average Bonchev–Trinajstić information content (AvgIpc) is 3.07. The summed E-state index contributed by atoms with van der Waals surface area (Å²) < 4.78 is 0. The number of nitrogens with zero attached hydrogens (tertiary/aromatic N) is 2. The van der Waals surface area contributed by atoms with Crippen LogP contribution in [-0.4, -0.2) is 29.1 Å². The molecule has 168 valence electrons. The number of hydrogen-bond acceptors (Lipinski definition) is 2. The van der Waals surface area contributed by atoms with E-state index in [9.17, 15) is 0 Å². The summed E-state index contributed by atoms with van der Waals surface area (Å²) in [5.41, 5.74) is 0. The van der Waals surface area contributed by atoms with Crippen molar-refractivity contribution in [1.29, 1.82) is 0 Å². The van der Waals surface area contributed by atoms with Gasteiger partial charge in [0.2, 0.25) is 0 Å². The van der Waals surface area contributed by atoms with Gasteiger partial charge in [0, 0.05) is 25.5 Å². The molecule has 28 heavy (non-hydrogen) atoms. The van der Waals surface area contributed by atoms with Crippen LogP contribution in [0.25, 0.3) is 0 Å². The second kappa shape index (κ2) is 19.9. The van der Waals surface area contributed by atoms with E-state index in [0.717, 1.165) is 0 Å². The van der Waals surface area contributed by atoms with Crippen molar-refractivity contribution in [2.45, 2.75) is 136 Å². The molecular formula is C25H51ClN2. The summed E-state index contributed by atoms with van der Waals surface area (Å²) in [6.07, 6.45) is 29.2. The molecule has 0 spiro atoms. The normalized spacial score (nSPS) is 16.0. The van der Waals surface area contributed by atoms with E-state index in [-0.39, 0.29) is 12.4 Å². The third kappa shape index (κ3) is 13.0. The van der Waals surface area contributed by atoms with Crippen molar-refractivity contribution < 1.29 is 0 Å². The molecule has 0 saturated heterocycles. The summed E-state index contributed by atoms with van der Waals surface area (Å²) in [7, 11) is 0. The van der Waals surface area contributed by atoms with Crippen LogP contribution in [0.1, 0.15) is 130 Å². The molecule has 1 heterocycles. The van der Waals surface area contributed by atoms with E-state index in [2.05, 4.69) is 43.0 Å². The maximum Gasteiger partial charge on any atom is 0.100 e. The lowest BCUT2D eigenvalue weighted by Crippen LogP contribution is -2.38. The zero-order valence-corrected chi connectivity index (χ0v) is 20.3. The fourth-order valence-corrected chi connectivity index (χ4v) is 4.33. The number of halogens is 1. The van der Waals surface area contributed by atoms with Gasteiger partial charge in [-0.15, -0.1) is 12.4 Å². The molecule has 1 unspecified atom stereocenters. The molecule has 1 rings (SSSR count). The molecule has 0 radical (unpaired) electrons. The van der Waals surface area contributed by atoms with Gasteiger partial charge in [-0.3, -0.25) is 0 Å². The first-order chi connectivity index (χ1) is 13.3. The summed E-state index contributed by atoms with van der Waals surface area (Å²) in [5, 5.41) is 0. The molecule has 0 amide bonds. The topological polar surface area (TPSA) is 6.48 Å². The first-order valence-corrected chi connectivity index (χ1v) is 12.5. The maximum absolute atomic E-state index is 2.60. The molecule has 0 aromatic heterocycles. The van der Waals surface area contributed by atoms with Gasteiger partial charge in [0.05, 0.1) is 0 Å². The number of unbranched alkanes of at least 4 members (excludes halogenated alkanes) is 14. The third-order valence-electron chi connectivity index (χ3n) is 6.12. The molecule has 0 aromatic carbocycles. The average molecular weight is 415 g/mol. The van der Waals surface area contributed by atoms with E-state index >= 15 is 0 Å².